The van der Waals surface area contributed by atoms with Crippen LogP contribution in [-0.4, -0.2) is 21.7 Å². The van der Waals surface area contributed by atoms with E-state index in [9.17, 15) is 9.65 Å². The maximum absolute atomic E-state index is 13.0. The Kier molecular flexibility index (Phi) is 4.80. The van der Waals surface area contributed by atoms with Crippen LogP contribution in [0.15, 0.2) is 63.5 Å². The summed E-state index contributed by atoms with van der Waals surface area (Å²) in [6, 6.07) is 17.2. The maximum Gasteiger partial charge on any atom is 0.232 e. The van der Waals surface area contributed by atoms with E-state index in [1.54, 1.807) is 12.1 Å². The molecule has 1 N–H and O–H groups in total. The lowest BCUT2D eigenvalue weighted by Crippen LogP contribution is -2.05. The Morgan fingerprint density at radius 3 is 2.54 bits per heavy atom. The van der Waals surface area contributed by atoms with Crippen molar-refractivity contribution < 1.29 is 13.3 Å². The first-order chi connectivity index (χ1) is 13.7. The van der Waals surface area contributed by atoms with Gasteiger partial charge in [0.25, 0.3) is 0 Å². The van der Waals surface area contributed by atoms with Gasteiger partial charge in [-0.3, -0.25) is 0 Å². The summed E-state index contributed by atoms with van der Waals surface area (Å²) >= 11 is 0. The minimum Gasteiger partial charge on any atom is -0.419 e. The van der Waals surface area contributed by atoms with Gasteiger partial charge in [-0.2, -0.15) is 15.2 Å². The Morgan fingerprint density at radius 1 is 1.00 bits per heavy atom. The molecule has 0 saturated heterocycles. The molecule has 0 saturated carbocycles. The van der Waals surface area contributed by atoms with Crippen molar-refractivity contribution in [2.24, 2.45) is 0 Å². The fourth-order valence-corrected chi connectivity index (χ4v) is 2.58. The van der Waals surface area contributed by atoms with Crippen molar-refractivity contribution in [2.45, 2.75) is 6.42 Å². The highest BCUT2D eigenvalue weighted by Gasteiger charge is 2.15. The Bertz CT molecular complexity index is 1110. The highest BCUT2D eigenvalue weighted by atomic mass is 19.1. The molecule has 0 aliphatic rings. The van der Waals surface area contributed by atoms with Gasteiger partial charge >= 0.3 is 0 Å². The lowest BCUT2D eigenvalue weighted by molar-refractivity contribution is 0.381. The molecule has 138 valence electrons. The van der Waals surface area contributed by atoms with Gasteiger partial charge < -0.3 is 14.3 Å². The molecule has 0 atom stereocenters. The van der Waals surface area contributed by atoms with Crippen LogP contribution >= 0.6 is 0 Å². The summed E-state index contributed by atoms with van der Waals surface area (Å²) in [5.41, 5.74) is 1.63. The minimum atomic E-state index is -0.327. The van der Waals surface area contributed by atoms with Gasteiger partial charge in [-0.1, -0.05) is 23.4 Å². The van der Waals surface area contributed by atoms with Crippen molar-refractivity contribution >= 4 is 5.88 Å². The lowest BCUT2D eigenvalue weighted by Gasteiger charge is -1.99. The lowest BCUT2D eigenvalue weighted by atomic mass is 10.2. The van der Waals surface area contributed by atoms with Gasteiger partial charge in [-0.15, -0.1) is 0 Å². The third-order valence-electron chi connectivity index (χ3n) is 3.95. The molecule has 2 aromatic heterocycles. The Hall–Kier alpha value is -3.99. The zero-order chi connectivity index (χ0) is 19.3. The number of halogens is 1. The molecule has 28 heavy (non-hydrogen) atoms. The molecule has 2 aromatic carbocycles. The third kappa shape index (κ3) is 3.73. The number of anilines is 1. The van der Waals surface area contributed by atoms with Gasteiger partial charge in [0.15, 0.2) is 0 Å². The summed E-state index contributed by atoms with van der Waals surface area (Å²) in [7, 11) is 0. The molecular weight excluding hydrogens is 361 g/mol. The monoisotopic (exact) mass is 375 g/mol. The minimum absolute atomic E-state index is 0.177. The predicted molar refractivity (Wildman–Crippen MR) is 98.5 cm³/mol. The molecule has 0 fully saturated rings. The third-order valence-corrected chi connectivity index (χ3v) is 3.95. The van der Waals surface area contributed by atoms with E-state index in [4.69, 9.17) is 8.94 Å². The summed E-state index contributed by atoms with van der Waals surface area (Å²) < 4.78 is 23.9. The van der Waals surface area contributed by atoms with Crippen LogP contribution in [0, 0.1) is 17.1 Å². The van der Waals surface area contributed by atoms with Crippen molar-refractivity contribution in [1.82, 2.24) is 15.1 Å². The molecule has 4 rings (SSSR count). The normalized spacial score (nSPS) is 10.6. The van der Waals surface area contributed by atoms with Crippen LogP contribution in [-0.2, 0) is 6.42 Å². The van der Waals surface area contributed by atoms with Gasteiger partial charge in [0.2, 0.25) is 29.2 Å². The van der Waals surface area contributed by atoms with E-state index >= 15 is 0 Å². The van der Waals surface area contributed by atoms with Crippen LogP contribution in [0.3, 0.4) is 0 Å². The SMILES string of the molecule is N#Cc1nc(-c2ccccc2)oc1NCCc1nc(-c2ccc(F)cc2)no1. The fraction of sp³-hybridized carbons (Fsp3) is 0.100. The molecule has 0 spiro atoms. The van der Waals surface area contributed by atoms with E-state index < -0.39 is 0 Å². The first-order valence-corrected chi connectivity index (χ1v) is 8.51. The van der Waals surface area contributed by atoms with Crippen LogP contribution in [0.25, 0.3) is 22.8 Å². The summed E-state index contributed by atoms with van der Waals surface area (Å²) in [5, 5.41) is 16.2. The molecule has 8 heteroatoms. The van der Waals surface area contributed by atoms with Crippen molar-refractivity contribution in [3.05, 3.63) is 72.0 Å². The number of hydrogen-bond donors (Lipinski definition) is 1. The number of hydrogen-bond acceptors (Lipinski definition) is 7. The highest BCUT2D eigenvalue weighted by molar-refractivity contribution is 5.58. The number of nitrogens with one attached hydrogen (secondary N) is 1. The van der Waals surface area contributed by atoms with Crippen LogP contribution in [0.5, 0.6) is 0 Å². The molecule has 0 radical (unpaired) electrons. The smallest absolute Gasteiger partial charge is 0.232 e. The molecular formula is C20H14FN5O2. The van der Waals surface area contributed by atoms with E-state index in [1.165, 1.54) is 12.1 Å². The second-order valence-electron chi connectivity index (χ2n) is 5.87. The second kappa shape index (κ2) is 7.72. The van der Waals surface area contributed by atoms with Crippen LogP contribution in [0.4, 0.5) is 10.3 Å². The van der Waals surface area contributed by atoms with Gasteiger partial charge in [-0.25, -0.2) is 4.39 Å². The molecule has 0 aliphatic heterocycles. The molecule has 0 amide bonds. The molecule has 4 aromatic rings. The average molecular weight is 375 g/mol. The first-order valence-electron chi connectivity index (χ1n) is 8.51. The number of oxazole rings is 1. The zero-order valence-corrected chi connectivity index (χ0v) is 14.6. The van der Waals surface area contributed by atoms with Crippen molar-refractivity contribution in [3.63, 3.8) is 0 Å². The topological polar surface area (TPSA) is 101 Å². The molecule has 7 nitrogen and oxygen atoms in total. The number of nitrogens with zero attached hydrogens (tertiary/aromatic N) is 4. The van der Waals surface area contributed by atoms with Gasteiger partial charge in [-0.05, 0) is 36.4 Å². The van der Waals surface area contributed by atoms with Crippen molar-refractivity contribution in [1.29, 1.82) is 5.26 Å². The Labute approximate surface area is 159 Å². The maximum atomic E-state index is 13.0. The van der Waals surface area contributed by atoms with E-state index in [-0.39, 0.29) is 11.5 Å². The van der Waals surface area contributed by atoms with E-state index in [0.717, 1.165) is 5.56 Å². The van der Waals surface area contributed by atoms with E-state index in [2.05, 4.69) is 20.4 Å². The fourth-order valence-electron chi connectivity index (χ4n) is 2.58. The number of rotatable bonds is 6. The Morgan fingerprint density at radius 2 is 1.79 bits per heavy atom. The Balaban J connectivity index is 1.41. The standard InChI is InChI=1S/C20H14FN5O2/c21-15-8-6-13(7-9-15)18-25-17(28-26-18)10-11-23-20-16(12-22)24-19(27-20)14-4-2-1-3-5-14/h1-9,23H,10-11H2. The number of nitriles is 1. The summed E-state index contributed by atoms with van der Waals surface area (Å²) in [4.78, 5) is 8.49. The van der Waals surface area contributed by atoms with Crippen LogP contribution < -0.4 is 5.32 Å². The van der Waals surface area contributed by atoms with Crippen molar-refractivity contribution in [3.8, 4) is 28.9 Å². The molecule has 0 unspecified atom stereocenters. The van der Waals surface area contributed by atoms with Gasteiger partial charge in [0, 0.05) is 24.1 Å². The van der Waals surface area contributed by atoms with E-state index in [0.29, 0.717) is 42.0 Å². The first kappa shape index (κ1) is 17.4. The summed E-state index contributed by atoms with van der Waals surface area (Å²) in [6.45, 7) is 0.406. The van der Waals surface area contributed by atoms with Crippen molar-refractivity contribution in [2.75, 3.05) is 11.9 Å². The van der Waals surface area contributed by atoms with Gasteiger partial charge in [0.1, 0.15) is 11.9 Å². The summed E-state index contributed by atoms with van der Waals surface area (Å²) in [6.07, 6.45) is 0.417. The quantitative estimate of drug-likeness (QED) is 0.542. The predicted octanol–water partition coefficient (Wildman–Crippen LogP) is 4.06. The highest BCUT2D eigenvalue weighted by Crippen LogP contribution is 2.25. The second-order valence-corrected chi connectivity index (χ2v) is 5.87. The molecule has 0 aliphatic carbocycles. The summed E-state index contributed by atoms with van der Waals surface area (Å²) in [5.74, 6) is 1.13. The van der Waals surface area contributed by atoms with Crippen LogP contribution in [0.1, 0.15) is 11.6 Å². The van der Waals surface area contributed by atoms with E-state index in [1.807, 2.05) is 36.4 Å². The zero-order valence-electron chi connectivity index (χ0n) is 14.6. The number of benzene rings is 2. The number of aromatic nitrogens is 3. The molecule has 0 bridgehead atoms. The average Bonchev–Trinajstić information content (AvgIpc) is 3.36. The molecule has 2 heterocycles. The van der Waals surface area contributed by atoms with Crippen LogP contribution in [0.2, 0.25) is 0 Å². The van der Waals surface area contributed by atoms with Gasteiger partial charge in [0.05, 0.1) is 0 Å². The largest absolute Gasteiger partial charge is 0.419 e.